The number of rotatable bonds is 4. The van der Waals surface area contributed by atoms with Crippen LogP contribution < -0.4 is 9.47 Å². The molecule has 0 saturated carbocycles. The summed E-state index contributed by atoms with van der Waals surface area (Å²) in [6, 6.07) is 2.79. The van der Waals surface area contributed by atoms with Crippen molar-refractivity contribution in [2.75, 3.05) is 7.11 Å². The van der Waals surface area contributed by atoms with Crippen molar-refractivity contribution >= 4 is 0 Å². The minimum absolute atomic E-state index is 0.0877. The van der Waals surface area contributed by atoms with Crippen molar-refractivity contribution < 1.29 is 19.0 Å². The fourth-order valence-corrected chi connectivity index (χ4v) is 1.21. The first kappa shape index (κ1) is 11.8. The Balaban J connectivity index is 3.12. The number of hydrogen-bond donors (Lipinski definition) is 1. The lowest BCUT2D eigenvalue weighted by molar-refractivity contribution is 0.217. The van der Waals surface area contributed by atoms with E-state index in [1.54, 1.807) is 19.9 Å². The van der Waals surface area contributed by atoms with E-state index in [9.17, 15) is 4.39 Å². The first-order valence-corrected chi connectivity index (χ1v) is 4.72. The average molecular weight is 214 g/mol. The smallest absolute Gasteiger partial charge is 0.197 e. The van der Waals surface area contributed by atoms with Crippen LogP contribution in [0.25, 0.3) is 0 Å². The second-order valence-electron chi connectivity index (χ2n) is 3.43. The van der Waals surface area contributed by atoms with Gasteiger partial charge in [-0.15, -0.1) is 0 Å². The summed E-state index contributed by atoms with van der Waals surface area (Å²) in [5.41, 5.74) is 0.459. The molecule has 0 radical (unpaired) electrons. The van der Waals surface area contributed by atoms with Crippen LogP contribution in [-0.4, -0.2) is 18.3 Å². The minimum atomic E-state index is -0.521. The summed E-state index contributed by atoms with van der Waals surface area (Å²) >= 11 is 0. The maximum Gasteiger partial charge on any atom is 0.197 e. The first-order chi connectivity index (χ1) is 7.08. The molecule has 15 heavy (non-hydrogen) atoms. The van der Waals surface area contributed by atoms with E-state index in [4.69, 9.17) is 14.6 Å². The van der Waals surface area contributed by atoms with Crippen LogP contribution >= 0.6 is 0 Å². The van der Waals surface area contributed by atoms with E-state index >= 15 is 0 Å². The largest absolute Gasteiger partial charge is 0.493 e. The molecule has 1 aromatic rings. The third-order valence-electron chi connectivity index (χ3n) is 1.83. The van der Waals surface area contributed by atoms with Gasteiger partial charge in [-0.25, -0.2) is 4.39 Å². The molecule has 0 aliphatic rings. The molecule has 0 saturated heterocycles. The SMILES string of the molecule is COc1cc(CO)cc(F)c1OC(C)C. The van der Waals surface area contributed by atoms with Crippen LogP contribution in [0.3, 0.4) is 0 Å². The van der Waals surface area contributed by atoms with Crippen molar-refractivity contribution in [1.82, 2.24) is 0 Å². The quantitative estimate of drug-likeness (QED) is 0.834. The Morgan fingerprint density at radius 3 is 2.53 bits per heavy atom. The summed E-state index contributed by atoms with van der Waals surface area (Å²) in [4.78, 5) is 0. The summed E-state index contributed by atoms with van der Waals surface area (Å²) in [7, 11) is 1.43. The second kappa shape index (κ2) is 4.98. The van der Waals surface area contributed by atoms with E-state index in [0.717, 1.165) is 0 Å². The molecular weight excluding hydrogens is 199 g/mol. The Labute approximate surface area is 88.4 Å². The average Bonchev–Trinajstić information content (AvgIpc) is 2.20. The fourth-order valence-electron chi connectivity index (χ4n) is 1.21. The molecular formula is C11H15FO3. The van der Waals surface area contributed by atoms with Crippen molar-refractivity contribution in [2.24, 2.45) is 0 Å². The Hall–Kier alpha value is -1.29. The molecule has 4 heteroatoms. The first-order valence-electron chi connectivity index (χ1n) is 4.72. The number of methoxy groups -OCH3 is 1. The fraction of sp³-hybridized carbons (Fsp3) is 0.455. The van der Waals surface area contributed by atoms with E-state index in [1.807, 2.05) is 0 Å². The van der Waals surface area contributed by atoms with E-state index in [2.05, 4.69) is 0 Å². The summed E-state index contributed by atoms with van der Waals surface area (Å²) in [6.07, 6.45) is -0.131. The van der Waals surface area contributed by atoms with Crippen LogP contribution in [0.4, 0.5) is 4.39 Å². The molecule has 0 amide bonds. The molecule has 0 heterocycles. The third-order valence-corrected chi connectivity index (χ3v) is 1.83. The Bertz CT molecular complexity index is 337. The monoisotopic (exact) mass is 214 g/mol. The van der Waals surface area contributed by atoms with E-state index in [-0.39, 0.29) is 18.5 Å². The van der Waals surface area contributed by atoms with Crippen LogP contribution in [0.5, 0.6) is 11.5 Å². The van der Waals surface area contributed by atoms with Crippen molar-refractivity contribution in [3.63, 3.8) is 0 Å². The molecule has 0 fully saturated rings. The number of aliphatic hydroxyl groups excluding tert-OH is 1. The lowest BCUT2D eigenvalue weighted by Gasteiger charge is -2.15. The van der Waals surface area contributed by atoms with Gasteiger partial charge < -0.3 is 14.6 Å². The molecule has 0 bridgehead atoms. The summed E-state index contributed by atoms with van der Waals surface area (Å²) in [5, 5.41) is 8.89. The van der Waals surface area contributed by atoms with Gasteiger partial charge in [0, 0.05) is 0 Å². The van der Waals surface area contributed by atoms with Crippen molar-refractivity contribution in [2.45, 2.75) is 26.6 Å². The van der Waals surface area contributed by atoms with Gasteiger partial charge in [0.05, 0.1) is 19.8 Å². The second-order valence-corrected chi connectivity index (χ2v) is 3.43. The van der Waals surface area contributed by atoms with Gasteiger partial charge >= 0.3 is 0 Å². The maximum atomic E-state index is 13.5. The standard InChI is InChI=1S/C11H15FO3/c1-7(2)15-11-9(12)4-8(6-13)5-10(11)14-3/h4-5,7,13H,6H2,1-3H3. The van der Waals surface area contributed by atoms with E-state index in [1.165, 1.54) is 13.2 Å². The minimum Gasteiger partial charge on any atom is -0.493 e. The van der Waals surface area contributed by atoms with Gasteiger partial charge in [0.1, 0.15) is 0 Å². The molecule has 84 valence electrons. The van der Waals surface area contributed by atoms with Crippen LogP contribution in [0.1, 0.15) is 19.4 Å². The van der Waals surface area contributed by atoms with Crippen molar-refractivity contribution in [3.8, 4) is 11.5 Å². The van der Waals surface area contributed by atoms with Crippen LogP contribution in [0, 0.1) is 5.82 Å². The number of halogens is 1. The zero-order valence-corrected chi connectivity index (χ0v) is 9.08. The molecule has 1 rings (SSSR count). The van der Waals surface area contributed by atoms with Gasteiger partial charge in [-0.2, -0.15) is 0 Å². The van der Waals surface area contributed by atoms with E-state index < -0.39 is 5.82 Å². The molecule has 0 aliphatic heterocycles. The zero-order valence-electron chi connectivity index (χ0n) is 9.08. The molecule has 0 spiro atoms. The number of hydrogen-bond acceptors (Lipinski definition) is 3. The molecule has 0 aliphatic carbocycles. The van der Waals surface area contributed by atoms with Gasteiger partial charge in [-0.1, -0.05) is 0 Å². The lowest BCUT2D eigenvalue weighted by atomic mass is 10.2. The molecule has 1 aromatic carbocycles. The van der Waals surface area contributed by atoms with E-state index in [0.29, 0.717) is 11.3 Å². The maximum absolute atomic E-state index is 13.5. The highest BCUT2D eigenvalue weighted by molar-refractivity contribution is 5.44. The zero-order chi connectivity index (χ0) is 11.4. The molecule has 0 atom stereocenters. The van der Waals surface area contributed by atoms with Gasteiger partial charge in [0.25, 0.3) is 0 Å². The molecule has 0 aromatic heterocycles. The van der Waals surface area contributed by atoms with Gasteiger partial charge in [0.15, 0.2) is 17.3 Å². The molecule has 0 unspecified atom stereocenters. The van der Waals surface area contributed by atoms with Crippen molar-refractivity contribution in [1.29, 1.82) is 0 Å². The highest BCUT2D eigenvalue weighted by Crippen LogP contribution is 2.32. The third kappa shape index (κ3) is 2.83. The number of aliphatic hydroxyl groups is 1. The molecule has 1 N–H and O–H groups in total. The Kier molecular flexibility index (Phi) is 3.91. The highest BCUT2D eigenvalue weighted by Gasteiger charge is 2.14. The van der Waals surface area contributed by atoms with Gasteiger partial charge in [-0.05, 0) is 31.5 Å². The van der Waals surface area contributed by atoms with Crippen molar-refractivity contribution in [3.05, 3.63) is 23.5 Å². The number of ether oxygens (including phenoxy) is 2. The lowest BCUT2D eigenvalue weighted by Crippen LogP contribution is -2.08. The van der Waals surface area contributed by atoms with Crippen LogP contribution in [-0.2, 0) is 6.61 Å². The normalized spacial score (nSPS) is 10.5. The van der Waals surface area contributed by atoms with Gasteiger partial charge in [0.2, 0.25) is 0 Å². The molecule has 3 nitrogen and oxygen atoms in total. The predicted molar refractivity (Wildman–Crippen MR) is 54.6 cm³/mol. The Morgan fingerprint density at radius 2 is 2.07 bits per heavy atom. The van der Waals surface area contributed by atoms with Gasteiger partial charge in [-0.3, -0.25) is 0 Å². The predicted octanol–water partition coefficient (Wildman–Crippen LogP) is 2.11. The summed E-state index contributed by atoms with van der Waals surface area (Å²) in [5.74, 6) is -0.135. The topological polar surface area (TPSA) is 38.7 Å². The summed E-state index contributed by atoms with van der Waals surface area (Å²) < 4.78 is 23.8. The van der Waals surface area contributed by atoms with Crippen LogP contribution in [0.2, 0.25) is 0 Å². The number of benzene rings is 1. The summed E-state index contributed by atoms with van der Waals surface area (Å²) in [6.45, 7) is 3.38. The highest BCUT2D eigenvalue weighted by atomic mass is 19.1. The Morgan fingerprint density at radius 1 is 1.40 bits per heavy atom. The van der Waals surface area contributed by atoms with Crippen LogP contribution in [0.15, 0.2) is 12.1 Å².